The van der Waals surface area contributed by atoms with Crippen LogP contribution >= 0.6 is 12.2 Å². The van der Waals surface area contributed by atoms with E-state index < -0.39 is 6.10 Å². The van der Waals surface area contributed by atoms with Crippen LogP contribution in [0.4, 0.5) is 0 Å². The number of hydrogen-bond acceptors (Lipinski definition) is 3. The van der Waals surface area contributed by atoms with Crippen LogP contribution in [0, 0.1) is 13.8 Å². The van der Waals surface area contributed by atoms with Gasteiger partial charge in [0.2, 0.25) is 0 Å². The van der Waals surface area contributed by atoms with Crippen LogP contribution in [0.25, 0.3) is 0 Å². The van der Waals surface area contributed by atoms with Crippen LogP contribution in [0.3, 0.4) is 0 Å². The number of rotatable bonds is 5. The van der Waals surface area contributed by atoms with Crippen molar-refractivity contribution in [3.63, 3.8) is 0 Å². The van der Waals surface area contributed by atoms with E-state index in [1.165, 1.54) is 5.56 Å². The number of aryl methyl sites for hydroxylation is 2. The van der Waals surface area contributed by atoms with Gasteiger partial charge in [0.1, 0.15) is 5.75 Å². The third-order valence-electron chi connectivity index (χ3n) is 2.87. The molecule has 5 nitrogen and oxygen atoms in total. The highest BCUT2D eigenvalue weighted by Crippen LogP contribution is 2.17. The summed E-state index contributed by atoms with van der Waals surface area (Å²) in [7, 11) is 0. The van der Waals surface area contributed by atoms with E-state index in [-0.39, 0.29) is 5.91 Å². The van der Waals surface area contributed by atoms with Crippen LogP contribution in [-0.2, 0) is 4.79 Å². The number of benzene rings is 1. The Bertz CT molecular complexity index is 532. The van der Waals surface area contributed by atoms with Crippen molar-refractivity contribution in [2.24, 2.45) is 0 Å². The lowest BCUT2D eigenvalue weighted by molar-refractivity contribution is -0.127. The highest BCUT2D eigenvalue weighted by molar-refractivity contribution is 7.80. The van der Waals surface area contributed by atoms with Crippen molar-refractivity contribution in [3.05, 3.63) is 42.0 Å². The molecule has 0 radical (unpaired) electrons. The van der Waals surface area contributed by atoms with Crippen molar-refractivity contribution >= 4 is 23.2 Å². The van der Waals surface area contributed by atoms with Gasteiger partial charge >= 0.3 is 0 Å². The predicted octanol–water partition coefficient (Wildman–Crippen LogP) is 1.75. The van der Waals surface area contributed by atoms with E-state index in [1.807, 2.05) is 32.0 Å². The van der Waals surface area contributed by atoms with Gasteiger partial charge in [0.15, 0.2) is 11.2 Å². The Balaban J connectivity index is 2.45. The molecule has 0 aliphatic heterocycles. The molecule has 0 aliphatic rings. The van der Waals surface area contributed by atoms with Crippen LogP contribution in [0.5, 0.6) is 5.75 Å². The summed E-state index contributed by atoms with van der Waals surface area (Å²) in [6.07, 6.45) is 1.03. The minimum Gasteiger partial charge on any atom is -0.481 e. The van der Waals surface area contributed by atoms with Crippen molar-refractivity contribution in [2.75, 3.05) is 6.54 Å². The lowest BCUT2D eigenvalue weighted by Crippen LogP contribution is -2.50. The zero-order chi connectivity index (χ0) is 15.8. The first-order chi connectivity index (χ1) is 9.93. The molecule has 0 heterocycles. The van der Waals surface area contributed by atoms with Crippen molar-refractivity contribution < 1.29 is 9.53 Å². The first kappa shape index (κ1) is 17.0. The Morgan fingerprint density at radius 3 is 2.71 bits per heavy atom. The highest BCUT2D eigenvalue weighted by atomic mass is 32.1. The molecule has 114 valence electrons. The molecule has 0 saturated heterocycles. The van der Waals surface area contributed by atoms with Gasteiger partial charge < -0.3 is 10.1 Å². The summed E-state index contributed by atoms with van der Waals surface area (Å²) in [4.78, 5) is 11.9. The molecule has 21 heavy (non-hydrogen) atoms. The maximum absolute atomic E-state index is 11.9. The molecule has 0 saturated carbocycles. The first-order valence-electron chi connectivity index (χ1n) is 6.62. The minimum absolute atomic E-state index is 0.309. The summed E-state index contributed by atoms with van der Waals surface area (Å²) in [5, 5.41) is 3.16. The van der Waals surface area contributed by atoms with Crippen molar-refractivity contribution in [3.8, 4) is 5.75 Å². The Labute approximate surface area is 130 Å². The number of thiocarbonyl (C=S) groups is 1. The fourth-order valence-corrected chi connectivity index (χ4v) is 1.61. The zero-order valence-corrected chi connectivity index (χ0v) is 13.3. The Hall–Kier alpha value is -2.08. The van der Waals surface area contributed by atoms with E-state index in [1.54, 1.807) is 13.0 Å². The third kappa shape index (κ3) is 5.83. The predicted molar refractivity (Wildman–Crippen MR) is 88.1 cm³/mol. The van der Waals surface area contributed by atoms with Gasteiger partial charge in [-0.2, -0.15) is 0 Å². The summed E-state index contributed by atoms with van der Waals surface area (Å²) in [6.45, 7) is 9.78. The lowest BCUT2D eigenvalue weighted by Gasteiger charge is -2.16. The summed E-state index contributed by atoms with van der Waals surface area (Å²) >= 11 is 4.96. The number of hydrogen-bond donors (Lipinski definition) is 3. The lowest BCUT2D eigenvalue weighted by atomic mass is 10.1. The largest absolute Gasteiger partial charge is 0.481 e. The minimum atomic E-state index is -0.637. The monoisotopic (exact) mass is 307 g/mol. The van der Waals surface area contributed by atoms with Gasteiger partial charge in [-0.1, -0.05) is 12.1 Å². The molecule has 0 fully saturated rings. The van der Waals surface area contributed by atoms with Crippen LogP contribution in [-0.4, -0.2) is 23.7 Å². The van der Waals surface area contributed by atoms with Gasteiger partial charge in [0, 0.05) is 6.54 Å². The van der Waals surface area contributed by atoms with Gasteiger partial charge in [-0.25, -0.2) is 0 Å². The van der Waals surface area contributed by atoms with Crippen LogP contribution in [0.2, 0.25) is 0 Å². The number of hydrazine groups is 1. The second kappa shape index (κ2) is 8.26. The fraction of sp³-hybridized carbons (Fsp3) is 0.333. The van der Waals surface area contributed by atoms with Gasteiger partial charge in [0.25, 0.3) is 5.91 Å². The van der Waals surface area contributed by atoms with Crippen molar-refractivity contribution in [1.82, 2.24) is 16.2 Å². The Morgan fingerprint density at radius 2 is 2.10 bits per heavy atom. The molecular formula is C15H21N3O2S. The van der Waals surface area contributed by atoms with E-state index in [4.69, 9.17) is 17.0 Å². The molecule has 0 unspecified atom stereocenters. The van der Waals surface area contributed by atoms with Gasteiger partial charge in [-0.05, 0) is 56.2 Å². The molecule has 1 rings (SSSR count). The maximum Gasteiger partial charge on any atom is 0.279 e. The first-order valence-corrected chi connectivity index (χ1v) is 7.03. The van der Waals surface area contributed by atoms with Crippen molar-refractivity contribution in [2.45, 2.75) is 26.9 Å². The molecule has 0 bridgehead atoms. The summed E-state index contributed by atoms with van der Waals surface area (Å²) in [5.74, 6) is 0.351. The third-order valence-corrected chi connectivity index (χ3v) is 3.11. The number of nitrogens with one attached hydrogen (secondary N) is 3. The van der Waals surface area contributed by atoms with E-state index in [0.717, 1.165) is 5.56 Å². The van der Waals surface area contributed by atoms with Gasteiger partial charge in [0.05, 0.1) is 0 Å². The Kier molecular flexibility index (Phi) is 6.68. The number of ether oxygens (including phenoxy) is 1. The topological polar surface area (TPSA) is 62.4 Å². The average molecular weight is 307 g/mol. The summed E-state index contributed by atoms with van der Waals surface area (Å²) < 4.78 is 5.59. The van der Waals surface area contributed by atoms with E-state index in [2.05, 4.69) is 22.7 Å². The number of carbonyl (C=O) groups excluding carboxylic acids is 1. The number of carbonyl (C=O) groups is 1. The molecule has 3 N–H and O–H groups in total. The normalized spacial score (nSPS) is 11.2. The summed E-state index contributed by atoms with van der Waals surface area (Å²) in [6, 6.07) is 5.71. The molecular weight excluding hydrogens is 286 g/mol. The van der Waals surface area contributed by atoms with Crippen LogP contribution < -0.4 is 20.9 Å². The smallest absolute Gasteiger partial charge is 0.279 e. The van der Waals surface area contributed by atoms with E-state index in [0.29, 0.717) is 17.4 Å². The van der Waals surface area contributed by atoms with E-state index >= 15 is 0 Å². The molecule has 1 amide bonds. The second-order valence-corrected chi connectivity index (χ2v) is 5.03. The quantitative estimate of drug-likeness (QED) is 0.439. The molecule has 1 aromatic carbocycles. The van der Waals surface area contributed by atoms with Crippen LogP contribution in [0.15, 0.2) is 30.9 Å². The molecule has 0 aliphatic carbocycles. The fourth-order valence-electron chi connectivity index (χ4n) is 1.47. The maximum atomic E-state index is 11.9. The second-order valence-electron chi connectivity index (χ2n) is 4.62. The standard InChI is InChI=1S/C15H21N3O2S/c1-5-8-16-15(21)18-17-14(19)12(4)20-13-7-6-10(2)11(3)9-13/h5-7,9,12H,1,8H2,2-4H3,(H,17,19)(H2,16,18,21)/t12-/m1/s1. The van der Waals surface area contributed by atoms with Crippen molar-refractivity contribution in [1.29, 1.82) is 0 Å². The highest BCUT2D eigenvalue weighted by Gasteiger charge is 2.14. The number of amides is 1. The Morgan fingerprint density at radius 1 is 1.38 bits per heavy atom. The molecule has 1 aromatic rings. The molecule has 6 heteroatoms. The molecule has 0 spiro atoms. The molecule has 0 aromatic heterocycles. The molecule has 1 atom stereocenters. The van der Waals surface area contributed by atoms with E-state index in [9.17, 15) is 4.79 Å². The summed E-state index contributed by atoms with van der Waals surface area (Å²) in [5.41, 5.74) is 7.38. The zero-order valence-electron chi connectivity index (χ0n) is 12.5. The van der Waals surface area contributed by atoms with Crippen LogP contribution in [0.1, 0.15) is 18.1 Å². The van der Waals surface area contributed by atoms with Gasteiger partial charge in [-0.15, -0.1) is 6.58 Å². The average Bonchev–Trinajstić information content (AvgIpc) is 2.46. The van der Waals surface area contributed by atoms with Gasteiger partial charge in [-0.3, -0.25) is 15.6 Å². The SMILES string of the molecule is C=CCNC(=S)NNC(=O)[C@@H](C)Oc1ccc(C)c(C)c1.